The molecule has 0 heterocycles. The number of Topliss-reactive ketones (excluding diaryl/α,β-unsaturated/α-hetero) is 1. The van der Waals surface area contributed by atoms with Gasteiger partial charge in [0, 0.05) is 10.9 Å². The standard InChI is InChI=1S/C26H30BrNO3/c1-24(2,3)22(18-7-5-4-6-8-18)28(23(30)31)25-13-15-26(16-14-25,21(29)17-25)19-9-11-20(27)12-10-19/h4-12,22H,13-17H2,1-3H3,(H,30,31). The number of carbonyl (C=O) groups is 2. The van der Waals surface area contributed by atoms with Crippen LogP contribution in [0.15, 0.2) is 59.1 Å². The predicted octanol–water partition coefficient (Wildman–Crippen LogP) is 6.74. The maximum Gasteiger partial charge on any atom is 0.408 e. The van der Waals surface area contributed by atoms with E-state index in [0.29, 0.717) is 25.7 Å². The van der Waals surface area contributed by atoms with Crippen LogP contribution in [0.2, 0.25) is 0 Å². The molecule has 0 saturated heterocycles. The van der Waals surface area contributed by atoms with E-state index in [0.717, 1.165) is 15.6 Å². The lowest BCUT2D eigenvalue weighted by molar-refractivity contribution is -0.141. The largest absolute Gasteiger partial charge is 0.465 e. The fraction of sp³-hybridized carbons (Fsp3) is 0.462. The third-order valence-electron chi connectivity index (χ3n) is 7.37. The minimum atomic E-state index is -0.936. The van der Waals surface area contributed by atoms with Crippen molar-refractivity contribution < 1.29 is 14.7 Å². The van der Waals surface area contributed by atoms with Crippen LogP contribution in [0.1, 0.15) is 70.0 Å². The van der Waals surface area contributed by atoms with Crippen LogP contribution in [0.5, 0.6) is 0 Å². The summed E-state index contributed by atoms with van der Waals surface area (Å²) in [5.74, 6) is 0.180. The number of hydrogen-bond acceptors (Lipinski definition) is 2. The van der Waals surface area contributed by atoms with Gasteiger partial charge in [-0.05, 0) is 54.4 Å². The number of halogens is 1. The Hall–Kier alpha value is -2.14. The Morgan fingerprint density at radius 2 is 1.58 bits per heavy atom. The minimum absolute atomic E-state index is 0.180. The number of nitrogens with zero attached hydrogens (tertiary/aromatic N) is 1. The zero-order valence-electron chi connectivity index (χ0n) is 18.4. The smallest absolute Gasteiger partial charge is 0.408 e. The van der Waals surface area contributed by atoms with Gasteiger partial charge in [0.25, 0.3) is 0 Å². The summed E-state index contributed by atoms with van der Waals surface area (Å²) >= 11 is 3.48. The monoisotopic (exact) mass is 483 g/mol. The van der Waals surface area contributed by atoms with E-state index in [1.807, 2.05) is 54.6 Å². The van der Waals surface area contributed by atoms with Gasteiger partial charge in [0.05, 0.1) is 17.0 Å². The Bertz CT molecular complexity index is 970. The average molecular weight is 484 g/mol. The summed E-state index contributed by atoms with van der Waals surface area (Å²) in [6, 6.07) is 17.6. The van der Waals surface area contributed by atoms with Gasteiger partial charge < -0.3 is 5.11 Å². The molecule has 3 aliphatic carbocycles. The predicted molar refractivity (Wildman–Crippen MR) is 125 cm³/mol. The molecule has 164 valence electrons. The van der Waals surface area contributed by atoms with Crippen molar-refractivity contribution in [3.63, 3.8) is 0 Å². The SMILES string of the molecule is CC(C)(C)C(c1ccccc1)N(C(=O)O)C12CCC(c3ccc(Br)cc3)(CC1)C(=O)C2. The normalized spacial score (nSPS) is 26.5. The van der Waals surface area contributed by atoms with Crippen molar-refractivity contribution >= 4 is 27.8 Å². The van der Waals surface area contributed by atoms with E-state index in [9.17, 15) is 14.7 Å². The number of rotatable bonds is 4. The highest BCUT2D eigenvalue weighted by Gasteiger charge is 2.60. The van der Waals surface area contributed by atoms with E-state index in [4.69, 9.17) is 0 Å². The maximum atomic E-state index is 13.6. The van der Waals surface area contributed by atoms with E-state index < -0.39 is 17.0 Å². The second-order valence-electron chi connectivity index (χ2n) is 10.2. The maximum absolute atomic E-state index is 13.6. The van der Waals surface area contributed by atoms with E-state index in [1.54, 1.807) is 4.90 Å². The third-order valence-corrected chi connectivity index (χ3v) is 7.89. The molecule has 1 amide bonds. The molecule has 3 fully saturated rings. The third kappa shape index (κ3) is 3.71. The van der Waals surface area contributed by atoms with Crippen LogP contribution in [-0.4, -0.2) is 27.4 Å². The zero-order chi connectivity index (χ0) is 22.4. The Labute approximate surface area is 192 Å². The highest BCUT2D eigenvalue weighted by atomic mass is 79.9. The second-order valence-corrected chi connectivity index (χ2v) is 11.2. The summed E-state index contributed by atoms with van der Waals surface area (Å²) in [5, 5.41) is 10.4. The highest BCUT2D eigenvalue weighted by molar-refractivity contribution is 9.10. The van der Waals surface area contributed by atoms with Crippen molar-refractivity contribution in [1.29, 1.82) is 0 Å². The zero-order valence-corrected chi connectivity index (χ0v) is 20.0. The van der Waals surface area contributed by atoms with Gasteiger partial charge in [-0.3, -0.25) is 9.69 Å². The van der Waals surface area contributed by atoms with Crippen LogP contribution >= 0.6 is 15.9 Å². The van der Waals surface area contributed by atoms with Gasteiger partial charge in [0.2, 0.25) is 0 Å². The van der Waals surface area contributed by atoms with Crippen molar-refractivity contribution in [3.05, 3.63) is 70.2 Å². The lowest BCUT2D eigenvalue weighted by Gasteiger charge is -2.58. The molecule has 1 atom stereocenters. The van der Waals surface area contributed by atoms with Gasteiger partial charge in [0.1, 0.15) is 5.78 Å². The molecule has 3 saturated carbocycles. The second kappa shape index (κ2) is 7.77. The summed E-state index contributed by atoms with van der Waals surface area (Å²) in [7, 11) is 0. The minimum Gasteiger partial charge on any atom is -0.465 e. The number of carboxylic acid groups (broad SMARTS) is 1. The first-order valence-corrected chi connectivity index (χ1v) is 11.7. The molecular formula is C26H30BrNO3. The first-order chi connectivity index (χ1) is 14.6. The van der Waals surface area contributed by atoms with Crippen molar-refractivity contribution in [2.24, 2.45) is 5.41 Å². The Morgan fingerprint density at radius 1 is 1.00 bits per heavy atom. The molecule has 4 nitrogen and oxygen atoms in total. The number of benzene rings is 2. The molecule has 31 heavy (non-hydrogen) atoms. The van der Waals surface area contributed by atoms with Crippen molar-refractivity contribution in [2.75, 3.05) is 0 Å². The van der Waals surface area contributed by atoms with Crippen LogP contribution in [0.25, 0.3) is 0 Å². The summed E-state index contributed by atoms with van der Waals surface area (Å²) in [4.78, 5) is 28.0. The molecule has 1 N–H and O–H groups in total. The van der Waals surface area contributed by atoms with Crippen LogP contribution in [0.3, 0.4) is 0 Å². The number of hydrogen-bond donors (Lipinski definition) is 1. The summed E-state index contributed by atoms with van der Waals surface area (Å²) in [6.45, 7) is 6.24. The Morgan fingerprint density at radius 3 is 2.06 bits per heavy atom. The van der Waals surface area contributed by atoms with E-state index >= 15 is 0 Å². The molecule has 5 heteroatoms. The Balaban J connectivity index is 1.73. The van der Waals surface area contributed by atoms with Crippen molar-refractivity contribution in [2.45, 2.75) is 69.9 Å². The molecule has 3 aliphatic rings. The van der Waals surface area contributed by atoms with Gasteiger partial charge in [-0.25, -0.2) is 4.79 Å². The lowest BCUT2D eigenvalue weighted by Crippen LogP contribution is -2.64. The highest BCUT2D eigenvalue weighted by Crippen LogP contribution is 2.57. The number of carbonyl (C=O) groups excluding carboxylic acids is 1. The summed E-state index contributed by atoms with van der Waals surface area (Å²) in [6.07, 6.45) is 2.16. The average Bonchev–Trinajstić information content (AvgIpc) is 2.72. The summed E-state index contributed by atoms with van der Waals surface area (Å²) < 4.78 is 0.994. The van der Waals surface area contributed by atoms with E-state index in [-0.39, 0.29) is 23.7 Å². The van der Waals surface area contributed by atoms with E-state index in [2.05, 4.69) is 36.7 Å². The van der Waals surface area contributed by atoms with Gasteiger partial charge in [-0.15, -0.1) is 0 Å². The van der Waals surface area contributed by atoms with Crippen molar-refractivity contribution in [1.82, 2.24) is 4.90 Å². The Kier molecular flexibility index (Phi) is 5.53. The number of fused-ring (bicyclic) bond motifs is 3. The first-order valence-electron chi connectivity index (χ1n) is 11.0. The first kappa shape index (κ1) is 22.1. The molecule has 2 aromatic carbocycles. The molecule has 0 aromatic heterocycles. The molecular weight excluding hydrogens is 454 g/mol. The quantitative estimate of drug-likeness (QED) is 0.523. The van der Waals surface area contributed by atoms with Crippen molar-refractivity contribution in [3.8, 4) is 0 Å². The van der Waals surface area contributed by atoms with Gasteiger partial charge in [0.15, 0.2) is 0 Å². The van der Waals surface area contributed by atoms with Crippen LogP contribution in [-0.2, 0) is 10.2 Å². The molecule has 5 rings (SSSR count). The van der Waals surface area contributed by atoms with E-state index in [1.165, 1.54) is 0 Å². The van der Waals surface area contributed by atoms with Gasteiger partial charge in [-0.2, -0.15) is 0 Å². The molecule has 2 aromatic rings. The number of ketones is 1. The topological polar surface area (TPSA) is 57.6 Å². The summed E-state index contributed by atoms with van der Waals surface area (Å²) in [5.41, 5.74) is 0.612. The fourth-order valence-electron chi connectivity index (χ4n) is 5.87. The molecule has 0 spiro atoms. The molecule has 0 radical (unpaired) electrons. The fourth-order valence-corrected chi connectivity index (χ4v) is 6.13. The molecule has 0 aliphatic heterocycles. The van der Waals surface area contributed by atoms with Gasteiger partial charge >= 0.3 is 6.09 Å². The van der Waals surface area contributed by atoms with Crippen LogP contribution < -0.4 is 0 Å². The van der Waals surface area contributed by atoms with Crippen LogP contribution in [0, 0.1) is 5.41 Å². The van der Waals surface area contributed by atoms with Crippen LogP contribution in [0.4, 0.5) is 4.79 Å². The lowest BCUT2D eigenvalue weighted by atomic mass is 9.53. The molecule has 1 unspecified atom stereocenters. The van der Waals surface area contributed by atoms with Gasteiger partial charge in [-0.1, -0.05) is 79.2 Å². The number of amides is 1. The molecule has 2 bridgehead atoms.